The van der Waals surface area contributed by atoms with Crippen molar-refractivity contribution in [2.24, 2.45) is 0 Å². The number of fused-ring (bicyclic) bond motifs is 1. The molecule has 1 aliphatic rings. The predicted octanol–water partition coefficient (Wildman–Crippen LogP) is 3.62. The zero-order valence-corrected chi connectivity index (χ0v) is 14.1. The lowest BCUT2D eigenvalue weighted by molar-refractivity contribution is -0.125. The Balaban J connectivity index is 1.72. The molecule has 1 atom stereocenters. The number of benzene rings is 1. The number of ether oxygens (including phenoxy) is 1. The van der Waals surface area contributed by atoms with Gasteiger partial charge in [0.2, 0.25) is 0 Å². The van der Waals surface area contributed by atoms with E-state index in [1.807, 2.05) is 41.8 Å². The van der Waals surface area contributed by atoms with Crippen LogP contribution in [-0.4, -0.2) is 29.0 Å². The quantitative estimate of drug-likeness (QED) is 0.717. The Labute approximate surface area is 143 Å². The van der Waals surface area contributed by atoms with E-state index < -0.39 is 6.10 Å². The number of nitrogens with zero attached hydrogens (tertiary/aromatic N) is 3. The van der Waals surface area contributed by atoms with Gasteiger partial charge in [-0.15, -0.1) is 11.3 Å². The summed E-state index contributed by atoms with van der Waals surface area (Å²) >= 11 is 1.55. The number of hydrogen-bond donors (Lipinski definition) is 0. The van der Waals surface area contributed by atoms with Crippen molar-refractivity contribution in [2.75, 3.05) is 11.9 Å². The number of amides is 1. The van der Waals surface area contributed by atoms with Crippen LogP contribution in [0, 0.1) is 0 Å². The van der Waals surface area contributed by atoms with Crippen LogP contribution < -0.4 is 9.64 Å². The first kappa shape index (κ1) is 14.8. The molecule has 0 saturated heterocycles. The maximum atomic E-state index is 12.1. The molecule has 24 heavy (non-hydrogen) atoms. The Morgan fingerprint density at radius 1 is 1.21 bits per heavy atom. The number of hydrogen-bond acceptors (Lipinski definition) is 5. The molecule has 0 unspecified atom stereocenters. The lowest BCUT2D eigenvalue weighted by atomic mass is 10.1. The van der Waals surface area contributed by atoms with Crippen LogP contribution in [0.3, 0.4) is 0 Å². The molecule has 0 fully saturated rings. The van der Waals surface area contributed by atoms with Gasteiger partial charge in [0.05, 0.1) is 17.1 Å². The van der Waals surface area contributed by atoms with Crippen LogP contribution in [0.25, 0.3) is 22.0 Å². The van der Waals surface area contributed by atoms with Gasteiger partial charge in [0.25, 0.3) is 5.91 Å². The van der Waals surface area contributed by atoms with Gasteiger partial charge in [-0.1, -0.05) is 6.07 Å². The second-order valence-electron chi connectivity index (χ2n) is 5.59. The summed E-state index contributed by atoms with van der Waals surface area (Å²) in [5.41, 5.74) is 3.44. The van der Waals surface area contributed by atoms with Crippen LogP contribution >= 0.6 is 11.3 Å². The van der Waals surface area contributed by atoms with E-state index >= 15 is 0 Å². The molecule has 0 spiro atoms. The van der Waals surface area contributed by atoms with Crippen LogP contribution in [0.2, 0.25) is 0 Å². The maximum absolute atomic E-state index is 12.1. The van der Waals surface area contributed by atoms with E-state index in [4.69, 9.17) is 4.74 Å². The Morgan fingerprint density at radius 3 is 2.88 bits per heavy atom. The average molecular weight is 337 g/mol. The fraction of sp³-hybridized carbons (Fsp3) is 0.167. The minimum atomic E-state index is -0.455. The lowest BCUT2D eigenvalue weighted by Crippen LogP contribution is -2.41. The van der Waals surface area contributed by atoms with Crippen LogP contribution in [0.4, 0.5) is 5.69 Å². The van der Waals surface area contributed by atoms with Crippen LogP contribution in [0.1, 0.15) is 6.92 Å². The van der Waals surface area contributed by atoms with Gasteiger partial charge in [-0.25, -0.2) is 4.98 Å². The number of likely N-dealkylation sites (N-methyl/N-ethyl adjacent to an activating group) is 1. The highest BCUT2D eigenvalue weighted by Gasteiger charge is 2.29. The SMILES string of the molecule is C[C@H]1Oc2ccc(-c3csc(-c4ccccn4)n3)cc2N(C)C1=O. The van der Waals surface area contributed by atoms with Gasteiger partial charge in [0, 0.05) is 24.2 Å². The van der Waals surface area contributed by atoms with E-state index in [0.717, 1.165) is 27.6 Å². The van der Waals surface area contributed by atoms with Crippen molar-refractivity contribution in [3.63, 3.8) is 0 Å². The molecule has 3 heterocycles. The molecule has 1 aliphatic heterocycles. The molecule has 4 rings (SSSR count). The zero-order valence-electron chi connectivity index (χ0n) is 13.3. The first-order valence-corrected chi connectivity index (χ1v) is 8.47. The summed E-state index contributed by atoms with van der Waals surface area (Å²) < 4.78 is 5.66. The summed E-state index contributed by atoms with van der Waals surface area (Å²) in [5, 5.41) is 2.87. The first-order valence-electron chi connectivity index (χ1n) is 7.59. The van der Waals surface area contributed by atoms with Crippen molar-refractivity contribution >= 4 is 22.9 Å². The highest BCUT2D eigenvalue weighted by molar-refractivity contribution is 7.13. The molecular formula is C18H15N3O2S. The van der Waals surface area contributed by atoms with Gasteiger partial charge in [-0.3, -0.25) is 9.78 Å². The third kappa shape index (κ3) is 2.45. The van der Waals surface area contributed by atoms with Gasteiger partial charge in [-0.2, -0.15) is 0 Å². The molecule has 5 nitrogen and oxygen atoms in total. The number of pyridine rings is 1. The van der Waals surface area contributed by atoms with E-state index in [2.05, 4.69) is 9.97 Å². The Hall–Kier alpha value is -2.73. The molecule has 0 aliphatic carbocycles. The van der Waals surface area contributed by atoms with Gasteiger partial charge in [0.15, 0.2) is 6.10 Å². The largest absolute Gasteiger partial charge is 0.479 e. The minimum Gasteiger partial charge on any atom is -0.479 e. The Bertz CT molecular complexity index is 908. The van der Waals surface area contributed by atoms with E-state index in [-0.39, 0.29) is 5.91 Å². The first-order chi connectivity index (χ1) is 11.6. The van der Waals surface area contributed by atoms with Crippen molar-refractivity contribution in [1.82, 2.24) is 9.97 Å². The van der Waals surface area contributed by atoms with Crippen molar-refractivity contribution in [3.8, 4) is 27.7 Å². The summed E-state index contributed by atoms with van der Waals surface area (Å²) in [6, 6.07) is 11.6. The fourth-order valence-corrected chi connectivity index (χ4v) is 3.49. The van der Waals surface area contributed by atoms with Gasteiger partial charge >= 0.3 is 0 Å². The molecule has 1 aromatic carbocycles. The number of carbonyl (C=O) groups excluding carboxylic acids is 1. The Morgan fingerprint density at radius 2 is 2.08 bits per heavy atom. The molecule has 0 radical (unpaired) electrons. The van der Waals surface area contributed by atoms with E-state index in [1.165, 1.54) is 0 Å². The van der Waals surface area contributed by atoms with E-state index in [1.54, 1.807) is 36.4 Å². The standard InChI is InChI=1S/C18H15N3O2S/c1-11-18(22)21(2)15-9-12(6-7-16(15)23-11)14-10-24-17(20-14)13-5-3-4-8-19-13/h3-11H,1-2H3/t11-/m1/s1. The summed E-state index contributed by atoms with van der Waals surface area (Å²) in [6.07, 6.45) is 1.30. The molecule has 1 amide bonds. The topological polar surface area (TPSA) is 55.3 Å². The normalized spacial score (nSPS) is 16.7. The number of carbonyl (C=O) groups is 1. The highest BCUT2D eigenvalue weighted by atomic mass is 32.1. The number of aromatic nitrogens is 2. The highest BCUT2D eigenvalue weighted by Crippen LogP contribution is 2.37. The predicted molar refractivity (Wildman–Crippen MR) is 94.3 cm³/mol. The second kappa shape index (κ2) is 5.72. The van der Waals surface area contributed by atoms with Crippen LogP contribution in [0.15, 0.2) is 48.0 Å². The molecule has 6 heteroatoms. The number of rotatable bonds is 2. The third-order valence-electron chi connectivity index (χ3n) is 3.99. The Kier molecular flexibility index (Phi) is 3.54. The smallest absolute Gasteiger partial charge is 0.267 e. The van der Waals surface area contributed by atoms with Gasteiger partial charge in [-0.05, 0) is 37.3 Å². The summed E-state index contributed by atoms with van der Waals surface area (Å²) in [5.74, 6) is 0.667. The fourth-order valence-electron chi connectivity index (χ4n) is 2.68. The number of anilines is 1. The molecule has 0 N–H and O–H groups in total. The summed E-state index contributed by atoms with van der Waals surface area (Å²) in [7, 11) is 1.77. The van der Waals surface area contributed by atoms with Crippen LogP contribution in [0.5, 0.6) is 5.75 Å². The van der Waals surface area contributed by atoms with Crippen molar-refractivity contribution in [3.05, 3.63) is 48.0 Å². The summed E-state index contributed by atoms with van der Waals surface area (Å²) in [4.78, 5) is 22.7. The maximum Gasteiger partial charge on any atom is 0.267 e. The van der Waals surface area contributed by atoms with Crippen LogP contribution in [-0.2, 0) is 4.79 Å². The second-order valence-corrected chi connectivity index (χ2v) is 6.45. The van der Waals surface area contributed by atoms with Crippen molar-refractivity contribution in [2.45, 2.75) is 13.0 Å². The van der Waals surface area contributed by atoms with Gasteiger partial charge < -0.3 is 9.64 Å². The molecule has 0 bridgehead atoms. The molecule has 0 saturated carbocycles. The monoisotopic (exact) mass is 337 g/mol. The van der Waals surface area contributed by atoms with Gasteiger partial charge in [0.1, 0.15) is 10.8 Å². The number of thiazole rings is 1. The van der Waals surface area contributed by atoms with Crippen molar-refractivity contribution < 1.29 is 9.53 Å². The molecule has 2 aromatic heterocycles. The van der Waals surface area contributed by atoms with E-state index in [0.29, 0.717) is 5.75 Å². The molecule has 3 aromatic rings. The summed E-state index contributed by atoms with van der Waals surface area (Å²) in [6.45, 7) is 1.76. The average Bonchev–Trinajstić information content (AvgIpc) is 3.10. The minimum absolute atomic E-state index is 0.0490. The molecule has 120 valence electrons. The molecular weight excluding hydrogens is 322 g/mol. The van der Waals surface area contributed by atoms with Crippen molar-refractivity contribution in [1.29, 1.82) is 0 Å². The lowest BCUT2D eigenvalue weighted by Gasteiger charge is -2.30. The van der Waals surface area contributed by atoms with E-state index in [9.17, 15) is 4.79 Å². The third-order valence-corrected chi connectivity index (χ3v) is 4.85. The zero-order chi connectivity index (χ0) is 16.7.